The van der Waals surface area contributed by atoms with Gasteiger partial charge in [0.15, 0.2) is 32.8 Å². The Labute approximate surface area is 212 Å². The minimum atomic E-state index is -4.60. The number of benzene rings is 3. The summed E-state index contributed by atoms with van der Waals surface area (Å²) in [4.78, 5) is -0.317. The fourth-order valence-corrected chi connectivity index (χ4v) is 5.01. The van der Waals surface area contributed by atoms with Crippen LogP contribution >= 0.6 is 0 Å². The molecule has 0 aromatic heterocycles. The maximum absolute atomic E-state index is 13.1. The van der Waals surface area contributed by atoms with Gasteiger partial charge in [-0.3, -0.25) is 0 Å². The van der Waals surface area contributed by atoms with Gasteiger partial charge in [-0.2, -0.15) is 13.2 Å². The quantitative estimate of drug-likeness (QED) is 0.355. The predicted molar refractivity (Wildman–Crippen MR) is 132 cm³/mol. The predicted octanol–water partition coefficient (Wildman–Crippen LogP) is 5.59. The van der Waals surface area contributed by atoms with Gasteiger partial charge in [0.25, 0.3) is 0 Å². The van der Waals surface area contributed by atoms with Crippen LogP contribution in [0.5, 0.6) is 28.7 Å². The van der Waals surface area contributed by atoms with E-state index in [0.29, 0.717) is 40.5 Å². The molecule has 37 heavy (non-hydrogen) atoms. The lowest BCUT2D eigenvalue weighted by atomic mass is 10.0. The highest BCUT2D eigenvalue weighted by Crippen LogP contribution is 2.40. The summed E-state index contributed by atoms with van der Waals surface area (Å²) >= 11 is 0. The summed E-state index contributed by atoms with van der Waals surface area (Å²) in [5.41, 5.74) is 0.0245. The number of halogens is 3. The molecule has 0 heterocycles. The highest BCUT2D eigenvalue weighted by molar-refractivity contribution is 7.90. The molecule has 3 aromatic rings. The van der Waals surface area contributed by atoms with E-state index in [1.54, 1.807) is 30.4 Å². The summed E-state index contributed by atoms with van der Waals surface area (Å²) in [6.45, 7) is 0. The van der Waals surface area contributed by atoms with Crippen LogP contribution in [0.1, 0.15) is 22.3 Å². The van der Waals surface area contributed by atoms with Crippen molar-refractivity contribution in [3.8, 4) is 28.7 Å². The van der Waals surface area contributed by atoms with Crippen molar-refractivity contribution in [1.29, 1.82) is 0 Å². The van der Waals surface area contributed by atoms with Crippen LogP contribution in [-0.2, 0) is 21.8 Å². The third-order valence-electron chi connectivity index (χ3n) is 5.52. The number of ether oxygens (including phenoxy) is 4. The molecule has 7 nitrogen and oxygen atoms in total. The summed E-state index contributed by atoms with van der Waals surface area (Å²) in [5.74, 6) is 0.171. The number of phenols is 1. The molecule has 198 valence electrons. The Hall–Kier alpha value is -3.86. The average molecular weight is 539 g/mol. The van der Waals surface area contributed by atoms with Gasteiger partial charge in [0.1, 0.15) is 0 Å². The maximum Gasteiger partial charge on any atom is 0.416 e. The van der Waals surface area contributed by atoms with Crippen LogP contribution in [0.2, 0.25) is 0 Å². The minimum absolute atomic E-state index is 0.0166. The first-order valence-corrected chi connectivity index (χ1v) is 12.4. The molecule has 0 amide bonds. The van der Waals surface area contributed by atoms with Crippen LogP contribution in [0.3, 0.4) is 0 Å². The topological polar surface area (TPSA) is 91.3 Å². The smallest absolute Gasteiger partial charge is 0.416 e. The maximum atomic E-state index is 13.1. The van der Waals surface area contributed by atoms with Gasteiger partial charge in [0.05, 0.1) is 44.7 Å². The lowest BCUT2D eigenvalue weighted by Crippen LogP contribution is -2.09. The lowest BCUT2D eigenvalue weighted by molar-refractivity contribution is -0.137. The van der Waals surface area contributed by atoms with Gasteiger partial charge in [-0.05, 0) is 53.6 Å². The van der Waals surface area contributed by atoms with Crippen molar-refractivity contribution in [3.05, 3.63) is 70.8 Å². The van der Waals surface area contributed by atoms with Gasteiger partial charge in [0.2, 0.25) is 5.75 Å². The molecule has 0 saturated heterocycles. The molecule has 0 aliphatic carbocycles. The molecule has 0 atom stereocenters. The van der Waals surface area contributed by atoms with E-state index in [1.807, 2.05) is 0 Å². The first-order chi connectivity index (χ1) is 17.4. The van der Waals surface area contributed by atoms with Crippen LogP contribution in [0.4, 0.5) is 13.2 Å². The minimum Gasteiger partial charge on any atom is -0.504 e. The van der Waals surface area contributed by atoms with Crippen LogP contribution in [-0.4, -0.2) is 42.0 Å². The van der Waals surface area contributed by atoms with E-state index in [4.69, 9.17) is 18.9 Å². The summed E-state index contributed by atoms with van der Waals surface area (Å²) < 4.78 is 85.9. The first kappa shape index (κ1) is 27.7. The van der Waals surface area contributed by atoms with Crippen molar-refractivity contribution in [2.45, 2.75) is 16.8 Å². The third-order valence-corrected chi connectivity index (χ3v) is 7.18. The number of sulfone groups is 1. The second-order valence-corrected chi connectivity index (χ2v) is 9.75. The molecular weight excluding hydrogens is 513 g/mol. The molecule has 1 N–H and O–H groups in total. The number of methoxy groups -OCH3 is 4. The molecule has 0 aliphatic rings. The zero-order valence-electron chi connectivity index (χ0n) is 20.4. The second kappa shape index (κ2) is 11.0. The molecule has 0 fully saturated rings. The number of rotatable bonds is 9. The first-order valence-electron chi connectivity index (χ1n) is 10.7. The molecule has 0 bridgehead atoms. The third kappa shape index (κ3) is 6.11. The summed E-state index contributed by atoms with van der Waals surface area (Å²) in [7, 11) is 1.59. The second-order valence-electron chi connectivity index (χ2n) is 7.76. The molecular formula is C26H25F3O7S. The number of aromatic hydroxyl groups is 1. The zero-order valence-corrected chi connectivity index (χ0v) is 21.2. The van der Waals surface area contributed by atoms with Gasteiger partial charge >= 0.3 is 6.18 Å². The molecule has 0 unspecified atom stereocenters. The largest absolute Gasteiger partial charge is 0.504 e. The van der Waals surface area contributed by atoms with Crippen molar-refractivity contribution in [1.82, 2.24) is 0 Å². The molecule has 0 radical (unpaired) electrons. The van der Waals surface area contributed by atoms with Gasteiger partial charge in [0, 0.05) is 5.56 Å². The normalized spacial score (nSPS) is 12.0. The van der Waals surface area contributed by atoms with Crippen LogP contribution in [0, 0.1) is 0 Å². The molecule has 0 saturated carbocycles. The summed E-state index contributed by atoms with van der Waals surface area (Å²) in [6, 6.07) is 9.57. The fourth-order valence-electron chi connectivity index (χ4n) is 3.61. The van der Waals surface area contributed by atoms with E-state index in [9.17, 15) is 26.7 Å². The molecule has 11 heteroatoms. The Morgan fingerprint density at radius 3 is 1.86 bits per heavy atom. The van der Waals surface area contributed by atoms with Gasteiger partial charge in [-0.25, -0.2) is 8.42 Å². The number of hydrogen-bond donors (Lipinski definition) is 1. The van der Waals surface area contributed by atoms with Crippen LogP contribution in [0.15, 0.2) is 53.4 Å². The molecule has 0 aliphatic heterocycles. The number of alkyl halides is 3. The van der Waals surface area contributed by atoms with E-state index >= 15 is 0 Å². The Bertz CT molecular complexity index is 1370. The van der Waals surface area contributed by atoms with E-state index in [2.05, 4.69) is 0 Å². The van der Waals surface area contributed by atoms with E-state index in [-0.39, 0.29) is 16.2 Å². The van der Waals surface area contributed by atoms with Gasteiger partial charge < -0.3 is 24.1 Å². The number of hydrogen-bond acceptors (Lipinski definition) is 7. The SMILES string of the molecule is COc1ccc(/C=C\c2cc(OC)c(OC)c(OC)c2)c(CS(=O)(=O)c2ccc(C(F)(F)F)cc2)c1O. The van der Waals surface area contributed by atoms with Crippen molar-refractivity contribution >= 4 is 22.0 Å². The highest BCUT2D eigenvalue weighted by atomic mass is 32.2. The Kier molecular flexibility index (Phi) is 8.27. The Morgan fingerprint density at radius 2 is 1.38 bits per heavy atom. The zero-order chi connectivity index (χ0) is 27.4. The number of phenolic OH excluding ortho intramolecular Hbond substituents is 1. The van der Waals surface area contributed by atoms with Crippen molar-refractivity contribution in [2.75, 3.05) is 28.4 Å². The van der Waals surface area contributed by atoms with E-state index in [1.165, 1.54) is 34.5 Å². The standard InChI is InChI=1S/C26H25F3O7S/c1-33-21-12-7-17(6-5-16-13-22(34-2)25(36-4)23(14-16)35-3)20(24(21)30)15-37(31,32)19-10-8-18(9-11-19)26(27,28)29/h5-14,30H,15H2,1-4H3/b6-5-. The average Bonchev–Trinajstić information content (AvgIpc) is 2.87. The van der Waals surface area contributed by atoms with Crippen molar-refractivity contribution in [2.24, 2.45) is 0 Å². The fraction of sp³-hybridized carbons (Fsp3) is 0.231. The molecule has 3 aromatic carbocycles. The van der Waals surface area contributed by atoms with E-state index in [0.717, 1.165) is 12.1 Å². The Balaban J connectivity index is 2.03. The van der Waals surface area contributed by atoms with Gasteiger partial charge in [-0.1, -0.05) is 18.2 Å². The summed E-state index contributed by atoms with van der Waals surface area (Å²) in [6.07, 6.45) is -1.37. The van der Waals surface area contributed by atoms with Crippen molar-refractivity contribution < 1.29 is 45.6 Å². The molecule has 3 rings (SSSR count). The monoisotopic (exact) mass is 538 g/mol. The summed E-state index contributed by atoms with van der Waals surface area (Å²) in [5, 5.41) is 10.7. The van der Waals surface area contributed by atoms with E-state index < -0.39 is 33.1 Å². The van der Waals surface area contributed by atoms with Gasteiger partial charge in [-0.15, -0.1) is 0 Å². The lowest BCUT2D eigenvalue weighted by Gasteiger charge is -2.14. The highest BCUT2D eigenvalue weighted by Gasteiger charge is 2.31. The van der Waals surface area contributed by atoms with Crippen LogP contribution in [0.25, 0.3) is 12.2 Å². The Morgan fingerprint density at radius 1 is 0.811 bits per heavy atom. The van der Waals surface area contributed by atoms with Crippen LogP contribution < -0.4 is 18.9 Å². The van der Waals surface area contributed by atoms with Crippen molar-refractivity contribution in [3.63, 3.8) is 0 Å². The molecule has 0 spiro atoms.